The lowest BCUT2D eigenvalue weighted by Gasteiger charge is -2.15. The van der Waals surface area contributed by atoms with Crippen LogP contribution in [-0.4, -0.2) is 27.5 Å². The zero-order chi connectivity index (χ0) is 12.8. The highest BCUT2D eigenvalue weighted by Gasteiger charge is 2.09. The van der Waals surface area contributed by atoms with Crippen LogP contribution >= 0.6 is 0 Å². The summed E-state index contributed by atoms with van der Waals surface area (Å²) >= 11 is 0. The smallest absolute Gasteiger partial charge is 0.124 e. The zero-order valence-electron chi connectivity index (χ0n) is 11.5. The fourth-order valence-corrected chi connectivity index (χ4v) is 2.11. The van der Waals surface area contributed by atoms with Crippen molar-refractivity contribution in [1.82, 2.24) is 5.32 Å². The second-order valence-corrected chi connectivity index (χ2v) is 4.32. The maximum Gasteiger partial charge on any atom is 0.124 e. The Morgan fingerprint density at radius 3 is 2.41 bits per heavy atom. The van der Waals surface area contributed by atoms with E-state index in [2.05, 4.69) is 32.2 Å². The van der Waals surface area contributed by atoms with Crippen LogP contribution in [0.2, 0.25) is 0 Å². The molecular weight excluding hydrogens is 214 g/mol. The van der Waals surface area contributed by atoms with Crippen LogP contribution in [0.25, 0.3) is 0 Å². The summed E-state index contributed by atoms with van der Waals surface area (Å²) in [6, 6.07) is 2.22. The van der Waals surface area contributed by atoms with E-state index in [1.165, 1.54) is 22.3 Å². The first kappa shape index (κ1) is 14.0. The minimum atomic E-state index is 0.604. The molecule has 1 aromatic rings. The van der Waals surface area contributed by atoms with Crippen LogP contribution in [0, 0.1) is 20.8 Å². The van der Waals surface area contributed by atoms with E-state index in [0.717, 1.165) is 18.7 Å². The molecule has 0 aliphatic rings. The summed E-state index contributed by atoms with van der Waals surface area (Å²) in [6.45, 7) is 7.90. The summed E-state index contributed by atoms with van der Waals surface area (Å²) < 4.78 is 10.4. The number of rotatable bonds is 6. The number of hydrogen-bond donors (Lipinski definition) is 1. The summed E-state index contributed by atoms with van der Waals surface area (Å²) in [6.07, 6.45) is 1.01. The van der Waals surface area contributed by atoms with E-state index in [1.807, 2.05) is 0 Å². The molecule has 1 rings (SSSR count). The summed E-state index contributed by atoms with van der Waals surface area (Å²) in [7, 11) is 3.43. The van der Waals surface area contributed by atoms with Crippen molar-refractivity contribution < 1.29 is 9.47 Å². The van der Waals surface area contributed by atoms with E-state index in [1.54, 1.807) is 14.2 Å². The molecule has 0 heterocycles. The van der Waals surface area contributed by atoms with E-state index in [0.29, 0.717) is 6.73 Å². The Kier molecular flexibility index (Phi) is 5.45. The van der Waals surface area contributed by atoms with Crippen LogP contribution in [0.5, 0.6) is 5.75 Å². The fraction of sp³-hybridized carbons (Fsp3) is 0.571. The van der Waals surface area contributed by atoms with Gasteiger partial charge < -0.3 is 9.47 Å². The van der Waals surface area contributed by atoms with E-state index in [9.17, 15) is 0 Å². The second kappa shape index (κ2) is 6.62. The first-order chi connectivity index (χ1) is 8.11. The molecule has 0 fully saturated rings. The van der Waals surface area contributed by atoms with Gasteiger partial charge in [0.1, 0.15) is 5.75 Å². The SMILES string of the molecule is COCNCCc1cc(C)c(OC)c(C)c1C. The van der Waals surface area contributed by atoms with Gasteiger partial charge in [-0.25, -0.2) is 0 Å². The van der Waals surface area contributed by atoms with Crippen molar-refractivity contribution in [1.29, 1.82) is 0 Å². The number of hydrogen-bond acceptors (Lipinski definition) is 3. The third kappa shape index (κ3) is 3.45. The second-order valence-electron chi connectivity index (χ2n) is 4.32. The Balaban J connectivity index is 2.80. The predicted molar refractivity (Wildman–Crippen MR) is 70.8 cm³/mol. The van der Waals surface area contributed by atoms with Gasteiger partial charge in [-0.2, -0.15) is 0 Å². The standard InChI is InChI=1S/C14H23NO2/c1-10-8-13(6-7-15-9-16-4)11(2)12(3)14(10)17-5/h8,15H,6-7,9H2,1-5H3. The molecule has 1 N–H and O–H groups in total. The molecule has 0 spiro atoms. The molecule has 0 aliphatic carbocycles. The summed E-state index contributed by atoms with van der Waals surface area (Å²) in [5.74, 6) is 1.01. The molecule has 3 nitrogen and oxygen atoms in total. The molecule has 0 atom stereocenters. The Morgan fingerprint density at radius 1 is 1.12 bits per heavy atom. The maximum atomic E-state index is 5.42. The summed E-state index contributed by atoms with van der Waals surface area (Å²) in [4.78, 5) is 0. The van der Waals surface area contributed by atoms with Crippen LogP contribution < -0.4 is 10.1 Å². The van der Waals surface area contributed by atoms with Crippen LogP contribution in [0.4, 0.5) is 0 Å². The van der Waals surface area contributed by atoms with Gasteiger partial charge in [0, 0.05) is 13.7 Å². The van der Waals surface area contributed by atoms with Crippen LogP contribution in [0.3, 0.4) is 0 Å². The van der Waals surface area contributed by atoms with Gasteiger partial charge in [0.2, 0.25) is 0 Å². The van der Waals surface area contributed by atoms with E-state index in [4.69, 9.17) is 9.47 Å². The molecule has 0 radical (unpaired) electrons. The van der Waals surface area contributed by atoms with Crippen molar-refractivity contribution in [3.05, 3.63) is 28.3 Å². The molecule has 0 aliphatic heterocycles. The van der Waals surface area contributed by atoms with Gasteiger partial charge in [-0.15, -0.1) is 0 Å². The minimum Gasteiger partial charge on any atom is -0.496 e. The Morgan fingerprint density at radius 2 is 1.82 bits per heavy atom. The molecule has 3 heteroatoms. The van der Waals surface area contributed by atoms with Gasteiger partial charge in [-0.05, 0) is 49.4 Å². The number of nitrogens with one attached hydrogen (secondary N) is 1. The number of benzene rings is 1. The molecule has 96 valence electrons. The highest BCUT2D eigenvalue weighted by molar-refractivity contribution is 5.49. The van der Waals surface area contributed by atoms with Crippen molar-refractivity contribution in [3.63, 3.8) is 0 Å². The summed E-state index contributed by atoms with van der Waals surface area (Å²) in [5, 5.41) is 3.22. The lowest BCUT2D eigenvalue weighted by Crippen LogP contribution is -2.20. The number of ether oxygens (including phenoxy) is 2. The van der Waals surface area contributed by atoms with Gasteiger partial charge in [0.05, 0.1) is 13.8 Å². The third-order valence-electron chi connectivity index (χ3n) is 3.16. The van der Waals surface area contributed by atoms with Crippen molar-refractivity contribution in [2.75, 3.05) is 27.5 Å². The van der Waals surface area contributed by atoms with Crippen molar-refractivity contribution in [2.24, 2.45) is 0 Å². The van der Waals surface area contributed by atoms with E-state index in [-0.39, 0.29) is 0 Å². The quantitative estimate of drug-likeness (QED) is 0.608. The molecule has 1 aromatic carbocycles. The molecule has 0 bridgehead atoms. The normalized spacial score (nSPS) is 10.6. The predicted octanol–water partition coefficient (Wildman–Crippen LogP) is 2.36. The van der Waals surface area contributed by atoms with Crippen LogP contribution in [0.15, 0.2) is 6.07 Å². The molecule has 0 unspecified atom stereocenters. The third-order valence-corrected chi connectivity index (χ3v) is 3.16. The lowest BCUT2D eigenvalue weighted by atomic mass is 9.96. The highest BCUT2D eigenvalue weighted by Crippen LogP contribution is 2.28. The van der Waals surface area contributed by atoms with Gasteiger partial charge in [-0.3, -0.25) is 5.32 Å². The minimum absolute atomic E-state index is 0.604. The van der Waals surface area contributed by atoms with E-state index < -0.39 is 0 Å². The topological polar surface area (TPSA) is 30.5 Å². The average molecular weight is 237 g/mol. The lowest BCUT2D eigenvalue weighted by molar-refractivity contribution is 0.176. The largest absolute Gasteiger partial charge is 0.496 e. The van der Waals surface area contributed by atoms with Gasteiger partial charge in [0.25, 0.3) is 0 Å². The molecule has 0 saturated heterocycles. The van der Waals surface area contributed by atoms with Crippen molar-refractivity contribution in [3.8, 4) is 5.75 Å². The molecule has 0 saturated carbocycles. The number of aryl methyl sites for hydroxylation is 1. The van der Waals surface area contributed by atoms with E-state index >= 15 is 0 Å². The Hall–Kier alpha value is -1.06. The molecular formula is C14H23NO2. The first-order valence-electron chi connectivity index (χ1n) is 5.95. The molecule has 0 amide bonds. The van der Waals surface area contributed by atoms with Gasteiger partial charge in [0.15, 0.2) is 0 Å². The fourth-order valence-electron chi connectivity index (χ4n) is 2.11. The van der Waals surface area contributed by atoms with Crippen molar-refractivity contribution in [2.45, 2.75) is 27.2 Å². The van der Waals surface area contributed by atoms with Crippen molar-refractivity contribution >= 4 is 0 Å². The van der Waals surface area contributed by atoms with Gasteiger partial charge >= 0.3 is 0 Å². The maximum absolute atomic E-state index is 5.42. The monoisotopic (exact) mass is 237 g/mol. The van der Waals surface area contributed by atoms with Crippen LogP contribution in [0.1, 0.15) is 22.3 Å². The average Bonchev–Trinajstić information content (AvgIpc) is 2.31. The Labute approximate surface area is 104 Å². The number of methoxy groups -OCH3 is 2. The molecule has 17 heavy (non-hydrogen) atoms. The first-order valence-corrected chi connectivity index (χ1v) is 5.95. The molecule has 0 aromatic heterocycles. The summed E-state index contributed by atoms with van der Waals surface area (Å²) in [5.41, 5.74) is 5.16. The zero-order valence-corrected chi connectivity index (χ0v) is 11.5. The van der Waals surface area contributed by atoms with Gasteiger partial charge in [-0.1, -0.05) is 6.07 Å². The Bertz CT molecular complexity index is 375. The highest BCUT2D eigenvalue weighted by atomic mass is 16.5. The van der Waals surface area contributed by atoms with Crippen LogP contribution in [-0.2, 0) is 11.2 Å².